The minimum absolute atomic E-state index is 0.0160. The number of hydrogen-bond donors (Lipinski definition) is 3. The summed E-state index contributed by atoms with van der Waals surface area (Å²) < 4.78 is 25.8. The van der Waals surface area contributed by atoms with E-state index >= 15 is 4.39 Å². The van der Waals surface area contributed by atoms with Crippen molar-refractivity contribution in [1.29, 1.82) is 0 Å². The number of carbonyl (C=O) groups excluding carboxylic acids is 5. The lowest BCUT2D eigenvalue weighted by Crippen LogP contribution is -2.58. The van der Waals surface area contributed by atoms with Gasteiger partial charge in [0.15, 0.2) is 0 Å². The van der Waals surface area contributed by atoms with Gasteiger partial charge in [0.2, 0.25) is 24.0 Å². The molecule has 4 rings (SSSR count). The average Bonchev–Trinajstić information content (AvgIpc) is 3.79. The molecule has 13 nitrogen and oxygen atoms in total. The van der Waals surface area contributed by atoms with Gasteiger partial charge in [-0.25, -0.2) is 4.39 Å². The van der Waals surface area contributed by atoms with Crippen LogP contribution in [0.2, 0.25) is 5.02 Å². The molecule has 4 amide bonds. The number of nitroso groups, excluding NO2 is 1. The van der Waals surface area contributed by atoms with Gasteiger partial charge >= 0.3 is 0 Å². The Labute approximate surface area is 297 Å². The van der Waals surface area contributed by atoms with Gasteiger partial charge in [-0.15, -0.1) is 0 Å². The number of likely N-dealkylation sites (tertiary alicyclic amines) is 1. The number of nitrogens with zero attached hydrogens (tertiary/aromatic N) is 2. The quantitative estimate of drug-likeness (QED) is 0.135. The average molecular weight is 722 g/mol. The van der Waals surface area contributed by atoms with Crippen molar-refractivity contribution >= 4 is 41.0 Å². The number of Topliss-reactive ketones (excluding diaryl/α,β-unsaturated/α-hetero) is 1. The van der Waals surface area contributed by atoms with Crippen molar-refractivity contribution in [2.45, 2.75) is 115 Å². The molecule has 5 unspecified atom stereocenters. The zero-order valence-electron chi connectivity index (χ0n) is 29.4. The van der Waals surface area contributed by atoms with Crippen LogP contribution in [-0.4, -0.2) is 79.5 Å². The van der Waals surface area contributed by atoms with E-state index in [1.54, 1.807) is 20.8 Å². The van der Waals surface area contributed by atoms with E-state index in [9.17, 15) is 28.9 Å². The fourth-order valence-electron chi connectivity index (χ4n) is 6.85. The number of methoxy groups -OCH3 is 2. The minimum Gasteiger partial charge on any atom is -0.496 e. The number of ether oxygens (including phenoxy) is 2. The molecular formula is C35H49ClFN5O8. The summed E-state index contributed by atoms with van der Waals surface area (Å²) >= 11 is 6.36. The van der Waals surface area contributed by atoms with Crippen molar-refractivity contribution < 1.29 is 37.8 Å². The number of benzene rings is 1. The SMILES string of the molecule is COc1cc(OC)c(C(CC2CC(C(=O)NC(F)C(=O)C(=O)NC3CC3)N(C(=O)C(NC(=O)CC3CCCCC3)C(C)(C)C)C2)N=O)cc1Cl. The Bertz CT molecular complexity index is 1440. The summed E-state index contributed by atoms with van der Waals surface area (Å²) in [4.78, 5) is 79.3. The highest BCUT2D eigenvalue weighted by atomic mass is 35.5. The normalized spacial score (nSPS) is 21.4. The van der Waals surface area contributed by atoms with Gasteiger partial charge in [-0.2, -0.15) is 4.91 Å². The number of nitrogens with one attached hydrogen (secondary N) is 3. The molecule has 1 aliphatic heterocycles. The van der Waals surface area contributed by atoms with Crippen LogP contribution < -0.4 is 25.4 Å². The van der Waals surface area contributed by atoms with Gasteiger partial charge < -0.3 is 30.3 Å². The summed E-state index contributed by atoms with van der Waals surface area (Å²) in [6, 6.07) is -0.486. The molecule has 0 spiro atoms. The molecule has 5 atom stereocenters. The molecule has 1 saturated heterocycles. The Hall–Kier alpha value is -3.81. The van der Waals surface area contributed by atoms with Crippen molar-refractivity contribution in [3.63, 3.8) is 0 Å². The third kappa shape index (κ3) is 9.91. The lowest BCUT2D eigenvalue weighted by molar-refractivity contribution is -0.146. The Morgan fingerprint density at radius 2 is 1.64 bits per heavy atom. The van der Waals surface area contributed by atoms with Crippen molar-refractivity contribution in [2.75, 3.05) is 20.8 Å². The van der Waals surface area contributed by atoms with Crippen LogP contribution in [0, 0.1) is 22.2 Å². The molecule has 15 heteroatoms. The molecule has 3 N–H and O–H groups in total. The first kappa shape index (κ1) is 39.0. The van der Waals surface area contributed by atoms with E-state index in [1.165, 1.54) is 31.3 Å². The Balaban J connectivity index is 1.58. The number of amides is 4. The van der Waals surface area contributed by atoms with E-state index < -0.39 is 59.3 Å². The van der Waals surface area contributed by atoms with Crippen LogP contribution in [0.25, 0.3) is 0 Å². The molecule has 3 aliphatic rings. The van der Waals surface area contributed by atoms with Gasteiger partial charge in [-0.1, -0.05) is 56.8 Å². The third-order valence-corrected chi connectivity index (χ3v) is 10.1. The maximum Gasteiger partial charge on any atom is 0.292 e. The van der Waals surface area contributed by atoms with Gasteiger partial charge in [0.1, 0.15) is 29.6 Å². The van der Waals surface area contributed by atoms with Crippen LogP contribution in [0.3, 0.4) is 0 Å². The fraction of sp³-hybridized carbons (Fsp3) is 0.686. The van der Waals surface area contributed by atoms with E-state index in [4.69, 9.17) is 21.1 Å². The summed E-state index contributed by atoms with van der Waals surface area (Å²) in [5.74, 6) is -4.07. The zero-order valence-corrected chi connectivity index (χ0v) is 30.1. The van der Waals surface area contributed by atoms with Crippen LogP contribution >= 0.6 is 11.6 Å². The predicted octanol–water partition coefficient (Wildman–Crippen LogP) is 4.53. The van der Waals surface area contributed by atoms with Crippen LogP contribution in [0.5, 0.6) is 11.5 Å². The molecule has 0 bridgehead atoms. The molecule has 2 aliphatic carbocycles. The van der Waals surface area contributed by atoms with Gasteiger partial charge in [0.25, 0.3) is 11.7 Å². The molecule has 0 aromatic heterocycles. The summed E-state index contributed by atoms with van der Waals surface area (Å²) in [5, 5.41) is 10.8. The van der Waals surface area contributed by atoms with Crippen LogP contribution in [0.4, 0.5) is 4.39 Å². The third-order valence-electron chi connectivity index (χ3n) is 9.77. The number of rotatable bonds is 15. The maximum absolute atomic E-state index is 15.1. The first-order valence-electron chi connectivity index (χ1n) is 17.3. The molecule has 2 saturated carbocycles. The van der Waals surface area contributed by atoms with Gasteiger partial charge in [-0.05, 0) is 61.8 Å². The van der Waals surface area contributed by atoms with Crippen molar-refractivity contribution in [3.05, 3.63) is 27.6 Å². The molecule has 1 heterocycles. The van der Waals surface area contributed by atoms with Gasteiger partial charge in [0.05, 0.1) is 19.2 Å². The molecule has 1 aromatic rings. The van der Waals surface area contributed by atoms with E-state index in [2.05, 4.69) is 15.8 Å². The second-order valence-corrected chi connectivity index (χ2v) is 15.2. The fourth-order valence-corrected chi connectivity index (χ4v) is 7.10. The highest BCUT2D eigenvalue weighted by Gasteiger charge is 2.46. The van der Waals surface area contributed by atoms with Crippen LogP contribution in [-0.2, 0) is 24.0 Å². The van der Waals surface area contributed by atoms with Gasteiger partial charge in [-0.3, -0.25) is 24.0 Å². The first-order valence-corrected chi connectivity index (χ1v) is 17.7. The molecular weight excluding hydrogens is 673 g/mol. The lowest BCUT2D eigenvalue weighted by Gasteiger charge is -2.36. The second-order valence-electron chi connectivity index (χ2n) is 14.8. The Morgan fingerprint density at radius 3 is 2.22 bits per heavy atom. The van der Waals surface area contributed by atoms with E-state index in [1.807, 2.05) is 5.32 Å². The van der Waals surface area contributed by atoms with E-state index in [0.29, 0.717) is 29.9 Å². The molecule has 276 valence electrons. The number of ketones is 1. The smallest absolute Gasteiger partial charge is 0.292 e. The van der Waals surface area contributed by atoms with Crippen molar-refractivity contribution in [2.24, 2.45) is 22.4 Å². The lowest BCUT2D eigenvalue weighted by atomic mass is 9.84. The number of halogens is 2. The summed E-state index contributed by atoms with van der Waals surface area (Å²) in [5.41, 5.74) is -0.407. The largest absolute Gasteiger partial charge is 0.496 e. The topological polar surface area (TPSA) is 173 Å². The van der Waals surface area contributed by atoms with E-state index in [0.717, 1.165) is 32.1 Å². The van der Waals surface area contributed by atoms with Crippen LogP contribution in [0.1, 0.15) is 96.6 Å². The number of carbonyl (C=O) groups is 5. The van der Waals surface area contributed by atoms with Crippen molar-refractivity contribution in [3.8, 4) is 11.5 Å². The Kier molecular flexibility index (Phi) is 13.2. The number of hydrogen-bond acceptors (Lipinski definition) is 9. The number of alkyl halides is 1. The van der Waals surface area contributed by atoms with Crippen molar-refractivity contribution in [1.82, 2.24) is 20.9 Å². The zero-order chi connectivity index (χ0) is 36.7. The maximum atomic E-state index is 15.1. The second kappa shape index (κ2) is 16.9. The Morgan fingerprint density at radius 1 is 0.980 bits per heavy atom. The standard InChI is InChI=1S/C35H49ClFN5O8/c1-35(2,3)30(39-28(43)15-19-9-7-6-8-10-19)34(47)42-18-20(13-24(41-48)22-16-23(36)27(50-5)17-26(22)49-4)14-25(42)32(45)40-31(37)29(44)33(46)38-21-11-12-21/h16-17,19-21,24-25,30-31H,6-15,18H2,1-5H3,(H,38,46)(H,39,43)(H,40,45). The summed E-state index contributed by atoms with van der Waals surface area (Å²) in [6.07, 6.45) is 4.17. The molecule has 1 aromatic carbocycles. The minimum atomic E-state index is -2.64. The van der Waals surface area contributed by atoms with Crippen LogP contribution in [0.15, 0.2) is 17.3 Å². The molecule has 50 heavy (non-hydrogen) atoms. The summed E-state index contributed by atoms with van der Waals surface area (Å²) in [7, 11) is 2.85. The molecule has 0 radical (unpaired) electrons. The monoisotopic (exact) mass is 721 g/mol. The first-order chi connectivity index (χ1) is 23.7. The van der Waals surface area contributed by atoms with E-state index in [-0.39, 0.29) is 48.7 Å². The summed E-state index contributed by atoms with van der Waals surface area (Å²) in [6.45, 7) is 5.34. The van der Waals surface area contributed by atoms with Gasteiger partial charge in [0, 0.05) is 30.6 Å². The highest BCUT2D eigenvalue weighted by Crippen LogP contribution is 2.41. The predicted molar refractivity (Wildman–Crippen MR) is 183 cm³/mol. The highest BCUT2D eigenvalue weighted by molar-refractivity contribution is 6.38. The molecule has 3 fully saturated rings.